The molecule has 8 heteroatoms. The summed E-state index contributed by atoms with van der Waals surface area (Å²) in [5.41, 5.74) is 3.36. The van der Waals surface area contributed by atoms with Crippen molar-refractivity contribution < 1.29 is 19.4 Å². The summed E-state index contributed by atoms with van der Waals surface area (Å²) in [5.74, 6) is -0.240. The molecule has 6 nitrogen and oxygen atoms in total. The van der Waals surface area contributed by atoms with E-state index in [1.165, 1.54) is 19.3 Å². The molecule has 0 saturated carbocycles. The molecular weight excluding hydrogens is 372 g/mol. The molecule has 0 aromatic heterocycles. The summed E-state index contributed by atoms with van der Waals surface area (Å²) in [6, 6.07) is 13.1. The SMILES string of the molecule is COc1ccc(C(=O)NN2C(=O)C(=Cc3ccccc3O)SC2=S)cc1. The van der Waals surface area contributed by atoms with Gasteiger partial charge >= 0.3 is 0 Å². The first-order valence-electron chi connectivity index (χ1n) is 7.50. The number of hydrazine groups is 1. The van der Waals surface area contributed by atoms with E-state index in [0.29, 0.717) is 21.8 Å². The number of phenols is 1. The maximum absolute atomic E-state index is 12.5. The molecule has 2 N–H and O–H groups in total. The summed E-state index contributed by atoms with van der Waals surface area (Å²) in [6.07, 6.45) is 1.54. The number of aromatic hydroxyl groups is 1. The number of carbonyl (C=O) groups excluding carboxylic acids is 2. The minimum atomic E-state index is -0.465. The fourth-order valence-electron chi connectivity index (χ4n) is 2.22. The number of carbonyl (C=O) groups is 2. The highest BCUT2D eigenvalue weighted by atomic mass is 32.2. The Balaban J connectivity index is 1.76. The monoisotopic (exact) mass is 386 g/mol. The maximum Gasteiger partial charge on any atom is 0.285 e. The Hall–Kier alpha value is -2.84. The summed E-state index contributed by atoms with van der Waals surface area (Å²) in [6.45, 7) is 0. The van der Waals surface area contributed by atoms with Crippen molar-refractivity contribution >= 4 is 46.2 Å². The average Bonchev–Trinajstić information content (AvgIpc) is 2.91. The summed E-state index contributed by atoms with van der Waals surface area (Å²) in [5, 5.41) is 10.9. The molecule has 0 unspecified atom stereocenters. The molecule has 2 aromatic rings. The van der Waals surface area contributed by atoms with Crippen LogP contribution in [0.25, 0.3) is 6.08 Å². The zero-order valence-electron chi connectivity index (χ0n) is 13.6. The number of hydrogen-bond donors (Lipinski definition) is 2. The minimum absolute atomic E-state index is 0.0556. The smallest absolute Gasteiger partial charge is 0.285 e. The van der Waals surface area contributed by atoms with Crippen LogP contribution in [0.1, 0.15) is 15.9 Å². The van der Waals surface area contributed by atoms with Gasteiger partial charge in [0.15, 0.2) is 4.32 Å². The zero-order chi connectivity index (χ0) is 18.7. The third kappa shape index (κ3) is 3.71. The number of methoxy groups -OCH3 is 1. The Kier molecular flexibility index (Phi) is 5.24. The fourth-order valence-corrected chi connectivity index (χ4v) is 3.39. The van der Waals surface area contributed by atoms with Gasteiger partial charge in [-0.2, -0.15) is 5.01 Å². The topological polar surface area (TPSA) is 78.9 Å². The van der Waals surface area contributed by atoms with Crippen LogP contribution < -0.4 is 10.2 Å². The van der Waals surface area contributed by atoms with E-state index in [9.17, 15) is 14.7 Å². The third-order valence-electron chi connectivity index (χ3n) is 3.58. The summed E-state index contributed by atoms with van der Waals surface area (Å²) < 4.78 is 5.26. The summed E-state index contributed by atoms with van der Waals surface area (Å²) >= 11 is 6.23. The van der Waals surface area contributed by atoms with Crippen LogP contribution in [0.5, 0.6) is 11.5 Å². The molecule has 26 heavy (non-hydrogen) atoms. The van der Waals surface area contributed by atoms with Crippen LogP contribution in [-0.4, -0.2) is 33.4 Å². The van der Waals surface area contributed by atoms with Gasteiger partial charge in [0.05, 0.1) is 12.0 Å². The molecular formula is C18H14N2O4S2. The Labute approximate surface area is 159 Å². The first kappa shape index (κ1) is 18.0. The molecule has 1 aliphatic heterocycles. The quantitative estimate of drug-likeness (QED) is 0.621. The second-order valence-corrected chi connectivity index (χ2v) is 6.92. The molecule has 2 aromatic carbocycles. The number of thiocarbonyl (C=S) groups is 1. The van der Waals surface area contributed by atoms with E-state index in [-0.39, 0.29) is 10.1 Å². The van der Waals surface area contributed by atoms with Crippen LogP contribution in [0.15, 0.2) is 53.4 Å². The molecule has 2 amide bonds. The number of benzene rings is 2. The number of ether oxygens (including phenoxy) is 1. The largest absolute Gasteiger partial charge is 0.507 e. The van der Waals surface area contributed by atoms with E-state index in [4.69, 9.17) is 17.0 Å². The normalized spacial score (nSPS) is 15.4. The van der Waals surface area contributed by atoms with Crippen LogP contribution in [-0.2, 0) is 4.79 Å². The Bertz CT molecular complexity index is 910. The number of thioether (sulfide) groups is 1. The number of rotatable bonds is 4. The molecule has 1 saturated heterocycles. The first-order valence-corrected chi connectivity index (χ1v) is 8.73. The predicted molar refractivity (Wildman–Crippen MR) is 104 cm³/mol. The van der Waals surface area contributed by atoms with E-state index in [0.717, 1.165) is 16.8 Å². The van der Waals surface area contributed by atoms with Gasteiger partial charge in [-0.05, 0) is 48.6 Å². The van der Waals surface area contributed by atoms with E-state index in [1.54, 1.807) is 42.5 Å². The van der Waals surface area contributed by atoms with Crippen LogP contribution in [0.4, 0.5) is 0 Å². The molecule has 0 bridgehead atoms. The molecule has 0 spiro atoms. The lowest BCUT2D eigenvalue weighted by molar-refractivity contribution is -0.123. The van der Waals surface area contributed by atoms with Crippen molar-refractivity contribution in [2.75, 3.05) is 7.11 Å². The standard InChI is InChI=1S/C18H14N2O4S2/c1-24-13-8-6-11(7-9-13)16(22)19-20-17(23)15(26-18(20)25)10-12-4-2-3-5-14(12)21/h2-10,21H,1H3,(H,19,22). The highest BCUT2D eigenvalue weighted by Crippen LogP contribution is 2.33. The molecule has 0 aliphatic carbocycles. The Morgan fingerprint density at radius 3 is 2.58 bits per heavy atom. The third-order valence-corrected chi connectivity index (χ3v) is 4.88. The van der Waals surface area contributed by atoms with Gasteiger partial charge in [-0.25, -0.2) is 0 Å². The second kappa shape index (κ2) is 7.59. The Morgan fingerprint density at radius 1 is 1.23 bits per heavy atom. The lowest BCUT2D eigenvalue weighted by Crippen LogP contribution is -2.44. The zero-order valence-corrected chi connectivity index (χ0v) is 15.3. The van der Waals surface area contributed by atoms with Crippen LogP contribution >= 0.6 is 24.0 Å². The van der Waals surface area contributed by atoms with E-state index in [2.05, 4.69) is 5.43 Å². The van der Waals surface area contributed by atoms with Gasteiger partial charge in [-0.3, -0.25) is 15.0 Å². The van der Waals surface area contributed by atoms with Crippen molar-refractivity contribution in [1.29, 1.82) is 0 Å². The first-order chi connectivity index (χ1) is 12.5. The van der Waals surface area contributed by atoms with Crippen molar-refractivity contribution in [3.8, 4) is 11.5 Å². The van der Waals surface area contributed by atoms with Gasteiger partial charge in [0.2, 0.25) is 0 Å². The van der Waals surface area contributed by atoms with Crippen molar-refractivity contribution in [2.24, 2.45) is 0 Å². The summed E-state index contributed by atoms with van der Waals surface area (Å²) in [4.78, 5) is 25.2. The van der Waals surface area contributed by atoms with Crippen LogP contribution in [0.2, 0.25) is 0 Å². The number of phenolic OH excluding ortho intramolecular Hbond substituents is 1. The molecule has 0 atom stereocenters. The highest BCUT2D eigenvalue weighted by molar-refractivity contribution is 8.26. The van der Waals surface area contributed by atoms with Crippen molar-refractivity contribution in [3.63, 3.8) is 0 Å². The van der Waals surface area contributed by atoms with Gasteiger partial charge in [-0.1, -0.05) is 30.0 Å². The molecule has 1 fully saturated rings. The fraction of sp³-hybridized carbons (Fsp3) is 0.0556. The van der Waals surface area contributed by atoms with Crippen molar-refractivity contribution in [2.45, 2.75) is 0 Å². The van der Waals surface area contributed by atoms with Crippen molar-refractivity contribution in [1.82, 2.24) is 10.4 Å². The molecule has 132 valence electrons. The number of nitrogens with zero attached hydrogens (tertiary/aromatic N) is 1. The van der Waals surface area contributed by atoms with E-state index < -0.39 is 11.8 Å². The van der Waals surface area contributed by atoms with Crippen molar-refractivity contribution in [3.05, 3.63) is 64.6 Å². The lowest BCUT2D eigenvalue weighted by Gasteiger charge is -2.15. The van der Waals surface area contributed by atoms with Gasteiger partial charge in [0.1, 0.15) is 11.5 Å². The van der Waals surface area contributed by atoms with E-state index in [1.807, 2.05) is 0 Å². The number of para-hydroxylation sites is 1. The number of nitrogens with one attached hydrogen (secondary N) is 1. The molecule has 1 heterocycles. The molecule has 0 radical (unpaired) electrons. The van der Waals surface area contributed by atoms with Crippen LogP contribution in [0.3, 0.4) is 0 Å². The van der Waals surface area contributed by atoms with E-state index >= 15 is 0 Å². The minimum Gasteiger partial charge on any atom is -0.507 e. The predicted octanol–water partition coefficient (Wildman–Crippen LogP) is 2.95. The second-order valence-electron chi connectivity index (χ2n) is 5.25. The van der Waals surface area contributed by atoms with Gasteiger partial charge < -0.3 is 9.84 Å². The number of hydrogen-bond acceptors (Lipinski definition) is 6. The maximum atomic E-state index is 12.5. The van der Waals surface area contributed by atoms with Gasteiger partial charge in [0.25, 0.3) is 11.8 Å². The summed E-state index contributed by atoms with van der Waals surface area (Å²) in [7, 11) is 1.53. The molecule has 3 rings (SSSR count). The lowest BCUT2D eigenvalue weighted by atomic mass is 10.2. The highest BCUT2D eigenvalue weighted by Gasteiger charge is 2.33. The van der Waals surface area contributed by atoms with Crippen LogP contribution in [0, 0.1) is 0 Å². The Morgan fingerprint density at radius 2 is 1.92 bits per heavy atom. The average molecular weight is 386 g/mol. The van der Waals surface area contributed by atoms with Gasteiger partial charge in [0, 0.05) is 11.1 Å². The number of amides is 2. The van der Waals surface area contributed by atoms with Gasteiger partial charge in [-0.15, -0.1) is 0 Å². The molecule has 1 aliphatic rings.